The Morgan fingerprint density at radius 2 is 1.82 bits per heavy atom. The third kappa shape index (κ3) is 4.54. The van der Waals surface area contributed by atoms with Crippen LogP contribution >= 0.6 is 0 Å². The molecular formula is C15H20N2O5. The van der Waals surface area contributed by atoms with Crippen molar-refractivity contribution in [2.75, 3.05) is 6.61 Å². The molecule has 1 aromatic carbocycles. The van der Waals surface area contributed by atoms with Crippen molar-refractivity contribution in [3.63, 3.8) is 0 Å². The van der Waals surface area contributed by atoms with E-state index in [1.54, 1.807) is 6.92 Å². The predicted molar refractivity (Wildman–Crippen MR) is 80.8 cm³/mol. The van der Waals surface area contributed by atoms with E-state index in [0.29, 0.717) is 0 Å². The molecule has 0 aromatic heterocycles. The second-order valence-corrected chi connectivity index (χ2v) is 5.25. The zero-order valence-electron chi connectivity index (χ0n) is 13.1. The van der Waals surface area contributed by atoms with Gasteiger partial charge < -0.3 is 10.1 Å². The van der Waals surface area contributed by atoms with Gasteiger partial charge in [0, 0.05) is 23.7 Å². The van der Waals surface area contributed by atoms with Gasteiger partial charge in [0.25, 0.3) is 11.6 Å². The maximum Gasteiger partial charge on any atom is 0.338 e. The van der Waals surface area contributed by atoms with E-state index >= 15 is 0 Å². The molecule has 1 unspecified atom stereocenters. The van der Waals surface area contributed by atoms with Crippen LogP contribution < -0.4 is 5.32 Å². The number of ether oxygens (including phenoxy) is 1. The van der Waals surface area contributed by atoms with Crippen molar-refractivity contribution in [1.82, 2.24) is 5.32 Å². The zero-order valence-corrected chi connectivity index (χ0v) is 13.1. The number of esters is 1. The van der Waals surface area contributed by atoms with E-state index in [1.165, 1.54) is 6.07 Å². The van der Waals surface area contributed by atoms with Crippen LogP contribution in [0.1, 0.15) is 48.4 Å². The molecule has 7 nitrogen and oxygen atoms in total. The quantitative estimate of drug-likeness (QED) is 0.494. The van der Waals surface area contributed by atoms with Gasteiger partial charge in [-0.25, -0.2) is 4.79 Å². The number of amides is 1. The Hall–Kier alpha value is -2.44. The minimum atomic E-state index is -0.697. The fourth-order valence-electron chi connectivity index (χ4n) is 1.64. The summed E-state index contributed by atoms with van der Waals surface area (Å²) in [5.41, 5.74) is -0.281. The van der Waals surface area contributed by atoms with Crippen LogP contribution in [-0.4, -0.2) is 29.4 Å². The van der Waals surface area contributed by atoms with Crippen molar-refractivity contribution in [2.24, 2.45) is 5.92 Å². The summed E-state index contributed by atoms with van der Waals surface area (Å²) in [4.78, 5) is 34.2. The lowest BCUT2D eigenvalue weighted by Crippen LogP contribution is -2.36. The molecule has 7 heteroatoms. The van der Waals surface area contributed by atoms with Gasteiger partial charge in [-0.1, -0.05) is 13.8 Å². The Labute approximate surface area is 128 Å². The number of hydrogen-bond acceptors (Lipinski definition) is 5. The fourth-order valence-corrected chi connectivity index (χ4v) is 1.64. The van der Waals surface area contributed by atoms with Gasteiger partial charge in [-0.3, -0.25) is 14.9 Å². The number of carbonyl (C=O) groups excluding carboxylic acids is 2. The molecule has 1 N–H and O–H groups in total. The summed E-state index contributed by atoms with van der Waals surface area (Å²) in [5.74, 6) is -0.945. The number of benzene rings is 1. The number of nitrogens with one attached hydrogen (secondary N) is 1. The lowest BCUT2D eigenvalue weighted by atomic mass is 10.0. The first-order chi connectivity index (χ1) is 10.3. The molecule has 0 aliphatic rings. The number of nitro benzene ring substituents is 1. The number of carbonyl (C=O) groups is 2. The number of rotatable bonds is 6. The van der Waals surface area contributed by atoms with Crippen LogP contribution in [-0.2, 0) is 4.74 Å². The van der Waals surface area contributed by atoms with Crippen LogP contribution in [0.4, 0.5) is 5.69 Å². The molecule has 0 bridgehead atoms. The highest BCUT2D eigenvalue weighted by Crippen LogP contribution is 2.18. The van der Waals surface area contributed by atoms with E-state index in [2.05, 4.69) is 5.32 Å². The van der Waals surface area contributed by atoms with E-state index in [9.17, 15) is 19.7 Å². The largest absolute Gasteiger partial charge is 0.462 e. The maximum absolute atomic E-state index is 12.2. The van der Waals surface area contributed by atoms with Crippen LogP contribution in [0.3, 0.4) is 0 Å². The molecule has 1 amide bonds. The van der Waals surface area contributed by atoms with E-state index in [0.717, 1.165) is 12.1 Å². The van der Waals surface area contributed by atoms with Gasteiger partial charge in [0.15, 0.2) is 0 Å². The Morgan fingerprint density at radius 1 is 1.23 bits per heavy atom. The van der Waals surface area contributed by atoms with Crippen molar-refractivity contribution in [1.29, 1.82) is 0 Å². The number of non-ortho nitro benzene ring substituents is 1. The van der Waals surface area contributed by atoms with Crippen LogP contribution in [0.2, 0.25) is 0 Å². The van der Waals surface area contributed by atoms with Gasteiger partial charge in [-0.05, 0) is 25.8 Å². The molecule has 1 atom stereocenters. The zero-order chi connectivity index (χ0) is 16.9. The van der Waals surface area contributed by atoms with Gasteiger partial charge in [0.05, 0.1) is 17.1 Å². The first kappa shape index (κ1) is 17.6. The maximum atomic E-state index is 12.2. The Morgan fingerprint density at radius 3 is 2.32 bits per heavy atom. The summed E-state index contributed by atoms with van der Waals surface area (Å²) in [5, 5.41) is 13.7. The monoisotopic (exact) mass is 308 g/mol. The fraction of sp³-hybridized carbons (Fsp3) is 0.467. The first-order valence-electron chi connectivity index (χ1n) is 7.03. The lowest BCUT2D eigenvalue weighted by molar-refractivity contribution is -0.384. The Bertz CT molecular complexity index is 583. The summed E-state index contributed by atoms with van der Waals surface area (Å²) in [6.45, 7) is 7.51. The SMILES string of the molecule is CCOC(=O)c1cc(C(=O)NC(C)C(C)C)cc([N+](=O)[O-])c1. The topological polar surface area (TPSA) is 98.5 Å². The highest BCUT2D eigenvalue weighted by Gasteiger charge is 2.20. The minimum Gasteiger partial charge on any atom is -0.462 e. The molecule has 0 saturated carbocycles. The molecular weight excluding hydrogens is 288 g/mol. The second kappa shape index (κ2) is 7.53. The van der Waals surface area contributed by atoms with Gasteiger partial charge >= 0.3 is 5.97 Å². The molecule has 0 saturated heterocycles. The van der Waals surface area contributed by atoms with Crippen molar-refractivity contribution >= 4 is 17.6 Å². The third-order valence-electron chi connectivity index (χ3n) is 3.26. The van der Waals surface area contributed by atoms with Crippen LogP contribution in [0.15, 0.2) is 18.2 Å². The van der Waals surface area contributed by atoms with Gasteiger partial charge in [0.2, 0.25) is 0 Å². The highest BCUT2D eigenvalue weighted by atomic mass is 16.6. The van der Waals surface area contributed by atoms with Crippen molar-refractivity contribution in [2.45, 2.75) is 33.7 Å². The van der Waals surface area contributed by atoms with Crippen molar-refractivity contribution < 1.29 is 19.2 Å². The molecule has 0 aliphatic carbocycles. The normalized spacial score (nSPS) is 11.9. The smallest absolute Gasteiger partial charge is 0.338 e. The van der Waals surface area contributed by atoms with Gasteiger partial charge in [-0.15, -0.1) is 0 Å². The van der Waals surface area contributed by atoms with Crippen molar-refractivity contribution in [3.8, 4) is 0 Å². The number of hydrogen-bond donors (Lipinski definition) is 1. The molecule has 0 spiro atoms. The standard InChI is InChI=1S/C15H20N2O5/c1-5-22-15(19)12-6-11(7-13(8-12)17(20)21)14(18)16-10(4)9(2)3/h6-10H,5H2,1-4H3,(H,16,18). The lowest BCUT2D eigenvalue weighted by Gasteiger charge is -2.17. The average Bonchev–Trinajstić information content (AvgIpc) is 2.46. The molecule has 120 valence electrons. The molecule has 0 radical (unpaired) electrons. The third-order valence-corrected chi connectivity index (χ3v) is 3.26. The van der Waals surface area contributed by atoms with E-state index < -0.39 is 16.8 Å². The van der Waals surface area contributed by atoms with E-state index in [-0.39, 0.29) is 35.4 Å². The van der Waals surface area contributed by atoms with Crippen LogP contribution in [0.5, 0.6) is 0 Å². The molecule has 22 heavy (non-hydrogen) atoms. The summed E-state index contributed by atoms with van der Waals surface area (Å²) in [7, 11) is 0. The molecule has 0 aliphatic heterocycles. The molecule has 1 rings (SSSR count). The minimum absolute atomic E-state index is 0.0154. The Balaban J connectivity index is 3.15. The highest BCUT2D eigenvalue weighted by molar-refractivity contribution is 5.99. The average molecular weight is 308 g/mol. The summed E-state index contributed by atoms with van der Waals surface area (Å²) in [6, 6.07) is 3.44. The molecule has 1 aromatic rings. The molecule has 0 heterocycles. The first-order valence-corrected chi connectivity index (χ1v) is 7.03. The van der Waals surface area contributed by atoms with Crippen LogP contribution in [0.25, 0.3) is 0 Å². The van der Waals surface area contributed by atoms with Gasteiger partial charge in [-0.2, -0.15) is 0 Å². The Kier molecular flexibility index (Phi) is 6.03. The van der Waals surface area contributed by atoms with E-state index in [1.807, 2.05) is 20.8 Å². The number of nitro groups is 1. The van der Waals surface area contributed by atoms with E-state index in [4.69, 9.17) is 4.74 Å². The van der Waals surface area contributed by atoms with Crippen LogP contribution in [0, 0.1) is 16.0 Å². The summed E-state index contributed by atoms with van der Waals surface area (Å²) >= 11 is 0. The van der Waals surface area contributed by atoms with Gasteiger partial charge in [0.1, 0.15) is 0 Å². The second-order valence-electron chi connectivity index (χ2n) is 5.25. The molecule has 0 fully saturated rings. The summed E-state index contributed by atoms with van der Waals surface area (Å²) in [6.07, 6.45) is 0. The number of nitrogens with zero attached hydrogens (tertiary/aromatic N) is 1. The van der Waals surface area contributed by atoms with Crippen molar-refractivity contribution in [3.05, 3.63) is 39.4 Å². The summed E-state index contributed by atoms with van der Waals surface area (Å²) < 4.78 is 4.82. The predicted octanol–water partition coefficient (Wildman–Crippen LogP) is 2.55.